The highest BCUT2D eigenvalue weighted by Crippen LogP contribution is 2.28. The molecular weight excluding hydrogens is 343 g/mol. The van der Waals surface area contributed by atoms with Crippen LogP contribution >= 0.6 is 23.2 Å². The summed E-state index contributed by atoms with van der Waals surface area (Å²) in [5.41, 5.74) is 0. The maximum Gasteiger partial charge on any atom is 0.347 e. The van der Waals surface area contributed by atoms with E-state index in [0.717, 1.165) is 0 Å². The predicted octanol–water partition coefficient (Wildman–Crippen LogP) is 2.68. The second-order valence-corrected chi connectivity index (χ2v) is 5.51. The lowest BCUT2D eigenvalue weighted by atomic mass is 10.3. The lowest BCUT2D eigenvalue weighted by Crippen LogP contribution is -2.34. The summed E-state index contributed by atoms with van der Waals surface area (Å²) in [6.45, 7) is 1.35. The minimum atomic E-state index is -0.939. The van der Waals surface area contributed by atoms with Crippen molar-refractivity contribution in [1.29, 1.82) is 5.26 Å². The van der Waals surface area contributed by atoms with Crippen LogP contribution in [-0.2, 0) is 14.3 Å². The van der Waals surface area contributed by atoms with Crippen LogP contribution in [0.25, 0.3) is 0 Å². The lowest BCUT2D eigenvalue weighted by molar-refractivity contribution is -0.157. The van der Waals surface area contributed by atoms with E-state index in [1.165, 1.54) is 31.0 Å². The molecule has 0 heterocycles. The zero-order valence-corrected chi connectivity index (χ0v) is 14.2. The van der Waals surface area contributed by atoms with Gasteiger partial charge in [0, 0.05) is 18.6 Å². The second kappa shape index (κ2) is 9.23. The van der Waals surface area contributed by atoms with Crippen molar-refractivity contribution >= 4 is 35.1 Å². The number of likely N-dealkylation sites (N-methyl/N-ethyl adjacent to an activating group) is 1. The van der Waals surface area contributed by atoms with Crippen molar-refractivity contribution in [1.82, 2.24) is 4.90 Å². The Bertz CT molecular complexity index is 616. The molecule has 0 N–H and O–H groups in total. The first-order valence-corrected chi connectivity index (χ1v) is 7.50. The summed E-state index contributed by atoms with van der Waals surface area (Å²) in [4.78, 5) is 24.8. The number of halogens is 2. The molecule has 0 aromatic heterocycles. The van der Waals surface area contributed by atoms with E-state index < -0.39 is 24.6 Å². The zero-order valence-electron chi connectivity index (χ0n) is 12.7. The van der Waals surface area contributed by atoms with Crippen molar-refractivity contribution < 1.29 is 19.1 Å². The van der Waals surface area contributed by atoms with Crippen molar-refractivity contribution in [3.05, 3.63) is 28.2 Å². The molecule has 0 aliphatic rings. The molecule has 1 aromatic rings. The first kappa shape index (κ1) is 19.1. The lowest BCUT2D eigenvalue weighted by Gasteiger charge is -2.17. The number of nitrogens with zero attached hydrogens (tertiary/aromatic N) is 2. The number of esters is 1. The summed E-state index contributed by atoms with van der Waals surface area (Å²) in [7, 11) is 1.53. The van der Waals surface area contributed by atoms with E-state index in [2.05, 4.69) is 0 Å². The van der Waals surface area contributed by atoms with E-state index in [1.807, 2.05) is 6.07 Å². The van der Waals surface area contributed by atoms with Crippen LogP contribution in [0.1, 0.15) is 13.3 Å². The van der Waals surface area contributed by atoms with Gasteiger partial charge in [-0.1, -0.05) is 23.2 Å². The van der Waals surface area contributed by atoms with Crippen molar-refractivity contribution in [3.8, 4) is 11.8 Å². The van der Waals surface area contributed by atoms with E-state index in [-0.39, 0.29) is 23.7 Å². The van der Waals surface area contributed by atoms with E-state index in [9.17, 15) is 9.59 Å². The molecule has 0 unspecified atom stereocenters. The van der Waals surface area contributed by atoms with E-state index in [0.29, 0.717) is 5.02 Å². The number of nitriles is 1. The molecule has 0 saturated heterocycles. The fourth-order valence-corrected chi connectivity index (χ4v) is 1.97. The topological polar surface area (TPSA) is 79.6 Å². The number of hydrogen-bond donors (Lipinski definition) is 0. The Hall–Kier alpha value is -1.97. The van der Waals surface area contributed by atoms with Gasteiger partial charge in [-0.15, -0.1) is 0 Å². The molecule has 1 rings (SSSR count). The number of rotatable bonds is 7. The van der Waals surface area contributed by atoms with Crippen molar-refractivity contribution in [2.45, 2.75) is 19.4 Å². The first-order chi connectivity index (χ1) is 10.8. The van der Waals surface area contributed by atoms with Gasteiger partial charge in [-0.2, -0.15) is 5.26 Å². The minimum Gasteiger partial charge on any atom is -0.477 e. The van der Waals surface area contributed by atoms with Crippen LogP contribution in [0.2, 0.25) is 10.0 Å². The summed E-state index contributed by atoms with van der Waals surface area (Å²) in [5.74, 6) is -0.804. The van der Waals surface area contributed by atoms with Crippen molar-refractivity contribution in [2.75, 3.05) is 20.2 Å². The highest BCUT2D eigenvalue weighted by atomic mass is 35.5. The molecule has 0 saturated carbocycles. The Morgan fingerprint density at radius 3 is 2.70 bits per heavy atom. The first-order valence-electron chi connectivity index (χ1n) is 6.74. The normalized spacial score (nSPS) is 11.3. The Morgan fingerprint density at radius 2 is 2.09 bits per heavy atom. The molecule has 1 aromatic carbocycles. The van der Waals surface area contributed by atoms with Gasteiger partial charge < -0.3 is 14.4 Å². The van der Waals surface area contributed by atoms with E-state index >= 15 is 0 Å². The van der Waals surface area contributed by atoms with Gasteiger partial charge in [0.25, 0.3) is 5.91 Å². The molecule has 0 aliphatic heterocycles. The molecule has 0 aliphatic carbocycles. The number of benzene rings is 1. The quantitative estimate of drug-likeness (QED) is 0.700. The number of hydrogen-bond acceptors (Lipinski definition) is 5. The molecule has 1 atom stereocenters. The van der Waals surface area contributed by atoms with Crippen LogP contribution in [0, 0.1) is 11.3 Å². The molecule has 6 nitrogen and oxygen atoms in total. The molecule has 0 spiro atoms. The fraction of sp³-hybridized carbons (Fsp3) is 0.400. The molecular formula is C15H16Cl2N2O4. The molecule has 124 valence electrons. The summed E-state index contributed by atoms with van der Waals surface area (Å²) < 4.78 is 10.3. The number of ether oxygens (including phenoxy) is 2. The smallest absolute Gasteiger partial charge is 0.347 e. The molecule has 1 amide bonds. The largest absolute Gasteiger partial charge is 0.477 e. The number of carbonyl (C=O) groups is 2. The zero-order chi connectivity index (χ0) is 17.4. The Balaban J connectivity index is 2.48. The number of amides is 1. The summed E-state index contributed by atoms with van der Waals surface area (Å²) in [6.07, 6.45) is -0.726. The van der Waals surface area contributed by atoms with Gasteiger partial charge in [0.15, 0.2) is 12.7 Å². The van der Waals surface area contributed by atoms with E-state index in [1.54, 1.807) is 6.07 Å². The maximum absolute atomic E-state index is 11.8. The van der Waals surface area contributed by atoms with Gasteiger partial charge in [-0.3, -0.25) is 4.79 Å². The van der Waals surface area contributed by atoms with Crippen LogP contribution in [0.3, 0.4) is 0 Å². The van der Waals surface area contributed by atoms with E-state index in [4.69, 9.17) is 37.9 Å². The maximum atomic E-state index is 11.8. The van der Waals surface area contributed by atoms with Crippen LogP contribution in [0.5, 0.6) is 5.75 Å². The average molecular weight is 359 g/mol. The highest BCUT2D eigenvalue weighted by molar-refractivity contribution is 6.35. The Labute approximate surface area is 144 Å². The molecule has 0 fully saturated rings. The highest BCUT2D eigenvalue weighted by Gasteiger charge is 2.20. The second-order valence-electron chi connectivity index (χ2n) is 4.67. The summed E-state index contributed by atoms with van der Waals surface area (Å²) in [6, 6.07) is 6.53. The monoisotopic (exact) mass is 358 g/mol. The standard InChI is InChI=1S/C15H16Cl2N2O4/c1-10(23-13-5-4-11(16)8-12(13)17)15(21)22-9-14(20)19(2)7-3-6-18/h4-5,8,10H,3,7,9H2,1-2H3/t10-/m0/s1. The van der Waals surface area contributed by atoms with Crippen molar-refractivity contribution in [3.63, 3.8) is 0 Å². The van der Waals surface area contributed by atoms with Gasteiger partial charge in [-0.05, 0) is 25.1 Å². The Morgan fingerprint density at radius 1 is 1.39 bits per heavy atom. The third-order valence-corrected chi connectivity index (χ3v) is 3.38. The predicted molar refractivity (Wildman–Crippen MR) is 85.4 cm³/mol. The average Bonchev–Trinajstić information content (AvgIpc) is 2.52. The van der Waals surface area contributed by atoms with Crippen LogP contribution in [0.15, 0.2) is 18.2 Å². The summed E-state index contributed by atoms with van der Waals surface area (Å²) in [5, 5.41) is 9.17. The van der Waals surface area contributed by atoms with Gasteiger partial charge in [0.05, 0.1) is 17.5 Å². The van der Waals surface area contributed by atoms with Gasteiger partial charge in [0.1, 0.15) is 5.75 Å². The molecule has 23 heavy (non-hydrogen) atoms. The molecule has 0 radical (unpaired) electrons. The Kier molecular flexibility index (Phi) is 7.66. The molecule has 8 heteroatoms. The van der Waals surface area contributed by atoms with Crippen LogP contribution in [-0.4, -0.2) is 43.1 Å². The van der Waals surface area contributed by atoms with Crippen LogP contribution < -0.4 is 4.74 Å². The van der Waals surface area contributed by atoms with Crippen molar-refractivity contribution in [2.24, 2.45) is 0 Å². The van der Waals surface area contributed by atoms with Gasteiger partial charge in [-0.25, -0.2) is 4.79 Å². The van der Waals surface area contributed by atoms with Gasteiger partial charge in [0.2, 0.25) is 0 Å². The van der Waals surface area contributed by atoms with Crippen LogP contribution in [0.4, 0.5) is 0 Å². The minimum absolute atomic E-state index is 0.213. The fourth-order valence-electron chi connectivity index (χ4n) is 1.51. The number of carbonyl (C=O) groups excluding carboxylic acids is 2. The summed E-state index contributed by atoms with van der Waals surface area (Å²) >= 11 is 11.7. The van der Waals surface area contributed by atoms with Gasteiger partial charge >= 0.3 is 5.97 Å². The third-order valence-electron chi connectivity index (χ3n) is 2.85. The SMILES string of the molecule is C[C@H](Oc1ccc(Cl)cc1Cl)C(=O)OCC(=O)N(C)CCC#N. The molecule has 0 bridgehead atoms. The third kappa shape index (κ3) is 6.35.